The van der Waals surface area contributed by atoms with Gasteiger partial charge in [-0.05, 0) is 57.8 Å². The Bertz CT molecular complexity index is 559. The largest absolute Gasteiger partial charge is 0.497 e. The van der Waals surface area contributed by atoms with E-state index in [1.807, 2.05) is 18.2 Å². The molecule has 6 heteroatoms. The van der Waals surface area contributed by atoms with Crippen LogP contribution in [0.2, 0.25) is 0 Å². The maximum atomic E-state index is 5.72. The number of halogens is 1. The molecule has 4 nitrogen and oxygen atoms in total. The smallest absolute Gasteiger partial charge is 0.124 e. The van der Waals surface area contributed by atoms with Crippen LogP contribution in [0.3, 0.4) is 0 Å². The van der Waals surface area contributed by atoms with Crippen LogP contribution in [0.4, 0.5) is 0 Å². The summed E-state index contributed by atoms with van der Waals surface area (Å²) in [6.45, 7) is 0. The summed E-state index contributed by atoms with van der Waals surface area (Å²) in [5.74, 6) is 7.28. The van der Waals surface area contributed by atoms with Crippen molar-refractivity contribution in [1.29, 1.82) is 0 Å². The first-order valence-electron chi connectivity index (χ1n) is 5.61. The fourth-order valence-electron chi connectivity index (χ4n) is 1.91. The van der Waals surface area contributed by atoms with Gasteiger partial charge in [0.15, 0.2) is 0 Å². The van der Waals surface area contributed by atoms with E-state index in [4.69, 9.17) is 15.3 Å². The number of nitrogens with one attached hydrogen (secondary N) is 1. The van der Waals surface area contributed by atoms with E-state index >= 15 is 0 Å². The average Bonchev–Trinajstić information content (AvgIpc) is 2.86. The maximum Gasteiger partial charge on any atom is 0.124 e. The first kappa shape index (κ1) is 14.6. The molecular formula is C13H15IN2O2S. The lowest BCUT2D eigenvalue weighted by molar-refractivity contribution is 0.394. The van der Waals surface area contributed by atoms with Gasteiger partial charge in [-0.1, -0.05) is 0 Å². The molecule has 0 spiro atoms. The standard InChI is InChI=1S/C13H15IN2O2S/c1-17-9-3-4-11(18-2)10(6-9)13(16-15)8-5-12(14)19-7-8/h3-7,13,16H,15H2,1-2H3. The topological polar surface area (TPSA) is 56.5 Å². The summed E-state index contributed by atoms with van der Waals surface area (Å²) in [6, 6.07) is 7.68. The van der Waals surface area contributed by atoms with E-state index in [1.54, 1.807) is 25.6 Å². The van der Waals surface area contributed by atoms with Crippen molar-refractivity contribution in [3.05, 3.63) is 43.7 Å². The molecule has 0 saturated carbocycles. The summed E-state index contributed by atoms with van der Waals surface area (Å²) in [5, 5.41) is 2.09. The minimum atomic E-state index is -0.121. The van der Waals surface area contributed by atoms with E-state index in [-0.39, 0.29) is 6.04 Å². The molecule has 3 N–H and O–H groups in total. The van der Waals surface area contributed by atoms with Crippen LogP contribution >= 0.6 is 33.9 Å². The van der Waals surface area contributed by atoms with Gasteiger partial charge in [0.05, 0.1) is 23.1 Å². The van der Waals surface area contributed by atoms with Crippen molar-refractivity contribution in [2.24, 2.45) is 5.84 Å². The van der Waals surface area contributed by atoms with Crippen LogP contribution in [-0.4, -0.2) is 14.2 Å². The predicted octanol–water partition coefficient (Wildman–Crippen LogP) is 2.92. The number of benzene rings is 1. The fourth-order valence-corrected chi connectivity index (χ4v) is 3.30. The fraction of sp³-hybridized carbons (Fsp3) is 0.231. The molecule has 0 aliphatic rings. The Kier molecular flexibility index (Phi) is 5.03. The molecule has 2 aromatic rings. The second-order valence-electron chi connectivity index (χ2n) is 3.89. The Morgan fingerprint density at radius 3 is 2.58 bits per heavy atom. The molecule has 0 bridgehead atoms. The van der Waals surface area contributed by atoms with Gasteiger partial charge in [0.2, 0.25) is 0 Å². The van der Waals surface area contributed by atoms with Crippen LogP contribution < -0.4 is 20.7 Å². The summed E-state index contributed by atoms with van der Waals surface area (Å²) < 4.78 is 11.9. The molecule has 19 heavy (non-hydrogen) atoms. The number of hydrogen-bond acceptors (Lipinski definition) is 5. The second-order valence-corrected chi connectivity index (χ2v) is 6.70. The first-order valence-corrected chi connectivity index (χ1v) is 7.57. The van der Waals surface area contributed by atoms with Crippen LogP contribution in [0.25, 0.3) is 0 Å². The van der Waals surface area contributed by atoms with Crippen molar-refractivity contribution in [1.82, 2.24) is 5.43 Å². The summed E-state index contributed by atoms with van der Waals surface area (Å²) in [7, 11) is 3.29. The van der Waals surface area contributed by atoms with E-state index < -0.39 is 0 Å². The third kappa shape index (κ3) is 3.19. The number of methoxy groups -OCH3 is 2. The summed E-state index contributed by atoms with van der Waals surface area (Å²) in [5.41, 5.74) is 4.91. The summed E-state index contributed by atoms with van der Waals surface area (Å²) in [4.78, 5) is 0. The molecule has 1 aromatic carbocycles. The molecule has 1 unspecified atom stereocenters. The molecule has 1 aromatic heterocycles. The van der Waals surface area contributed by atoms with E-state index in [9.17, 15) is 0 Å². The number of thiophene rings is 1. The van der Waals surface area contributed by atoms with Gasteiger partial charge in [0.25, 0.3) is 0 Å². The van der Waals surface area contributed by atoms with Gasteiger partial charge in [-0.25, -0.2) is 5.43 Å². The van der Waals surface area contributed by atoms with Gasteiger partial charge < -0.3 is 9.47 Å². The van der Waals surface area contributed by atoms with Crippen molar-refractivity contribution in [2.45, 2.75) is 6.04 Å². The summed E-state index contributed by atoms with van der Waals surface area (Å²) in [6.07, 6.45) is 0. The molecule has 0 fully saturated rings. The SMILES string of the molecule is COc1ccc(OC)c(C(NN)c2csc(I)c2)c1. The quantitative estimate of drug-likeness (QED) is 0.468. The number of hydrogen-bond donors (Lipinski definition) is 2. The minimum Gasteiger partial charge on any atom is -0.497 e. The van der Waals surface area contributed by atoms with Gasteiger partial charge in [-0.15, -0.1) is 11.3 Å². The third-order valence-electron chi connectivity index (χ3n) is 2.84. The zero-order chi connectivity index (χ0) is 13.8. The Labute approximate surface area is 130 Å². The molecule has 1 heterocycles. The Hall–Kier alpha value is -0.830. The van der Waals surface area contributed by atoms with Crippen molar-refractivity contribution >= 4 is 33.9 Å². The zero-order valence-electron chi connectivity index (χ0n) is 10.6. The van der Waals surface area contributed by atoms with Crippen molar-refractivity contribution in [3.8, 4) is 11.5 Å². The molecule has 1 atom stereocenters. The minimum absolute atomic E-state index is 0.121. The third-order valence-corrected chi connectivity index (χ3v) is 4.64. The van der Waals surface area contributed by atoms with E-state index in [2.05, 4.69) is 39.5 Å². The van der Waals surface area contributed by atoms with Gasteiger partial charge in [0, 0.05) is 5.56 Å². The van der Waals surface area contributed by atoms with Gasteiger partial charge >= 0.3 is 0 Å². The Morgan fingerprint density at radius 2 is 2.05 bits per heavy atom. The van der Waals surface area contributed by atoms with Crippen LogP contribution in [0.15, 0.2) is 29.6 Å². The summed E-state index contributed by atoms with van der Waals surface area (Å²) >= 11 is 3.98. The average molecular weight is 390 g/mol. The number of ether oxygens (including phenoxy) is 2. The Balaban J connectivity index is 2.47. The zero-order valence-corrected chi connectivity index (χ0v) is 13.6. The highest BCUT2D eigenvalue weighted by molar-refractivity contribution is 14.1. The predicted molar refractivity (Wildman–Crippen MR) is 85.7 cm³/mol. The molecule has 0 saturated heterocycles. The van der Waals surface area contributed by atoms with Crippen molar-refractivity contribution in [3.63, 3.8) is 0 Å². The van der Waals surface area contributed by atoms with Gasteiger partial charge in [-0.2, -0.15) is 0 Å². The first-order chi connectivity index (χ1) is 9.19. The lowest BCUT2D eigenvalue weighted by atomic mass is 10.0. The molecule has 0 amide bonds. The molecule has 102 valence electrons. The lowest BCUT2D eigenvalue weighted by Gasteiger charge is -2.19. The molecular weight excluding hydrogens is 375 g/mol. The second kappa shape index (κ2) is 6.56. The normalized spacial score (nSPS) is 12.2. The van der Waals surface area contributed by atoms with Crippen LogP contribution in [0.1, 0.15) is 17.2 Å². The highest BCUT2D eigenvalue weighted by Crippen LogP contribution is 2.34. The highest BCUT2D eigenvalue weighted by atomic mass is 127. The molecule has 0 aliphatic carbocycles. The van der Waals surface area contributed by atoms with Gasteiger partial charge in [-0.3, -0.25) is 5.84 Å². The number of rotatable bonds is 5. The van der Waals surface area contributed by atoms with E-state index in [0.717, 1.165) is 22.6 Å². The highest BCUT2D eigenvalue weighted by Gasteiger charge is 2.19. The number of nitrogens with two attached hydrogens (primary N) is 1. The van der Waals surface area contributed by atoms with Gasteiger partial charge in [0.1, 0.15) is 11.5 Å². The van der Waals surface area contributed by atoms with Crippen molar-refractivity contribution < 1.29 is 9.47 Å². The lowest BCUT2D eigenvalue weighted by Crippen LogP contribution is -2.28. The van der Waals surface area contributed by atoms with Crippen LogP contribution in [-0.2, 0) is 0 Å². The monoisotopic (exact) mass is 390 g/mol. The Morgan fingerprint density at radius 1 is 1.26 bits per heavy atom. The van der Waals surface area contributed by atoms with Crippen LogP contribution in [0, 0.1) is 2.88 Å². The number of hydrazine groups is 1. The molecule has 2 rings (SSSR count). The maximum absolute atomic E-state index is 5.72. The molecule has 0 aliphatic heterocycles. The van der Waals surface area contributed by atoms with Crippen LogP contribution in [0.5, 0.6) is 11.5 Å². The van der Waals surface area contributed by atoms with E-state index in [0.29, 0.717) is 0 Å². The van der Waals surface area contributed by atoms with E-state index in [1.165, 1.54) is 2.88 Å². The molecule has 0 radical (unpaired) electrons. The van der Waals surface area contributed by atoms with Crippen molar-refractivity contribution in [2.75, 3.05) is 14.2 Å².